The number of aryl methyl sites for hydroxylation is 1. The van der Waals surface area contributed by atoms with E-state index in [1.54, 1.807) is 18.2 Å². The fraction of sp³-hybridized carbons (Fsp3) is 0.682. The molecule has 7 heteroatoms. The van der Waals surface area contributed by atoms with Crippen molar-refractivity contribution < 1.29 is 13.2 Å². The van der Waals surface area contributed by atoms with Crippen molar-refractivity contribution >= 4 is 21.6 Å². The second kappa shape index (κ2) is 8.00. The van der Waals surface area contributed by atoms with Gasteiger partial charge in [0.05, 0.1) is 11.4 Å². The highest BCUT2D eigenvalue weighted by molar-refractivity contribution is 7.89. The van der Waals surface area contributed by atoms with Gasteiger partial charge < -0.3 is 10.2 Å². The van der Waals surface area contributed by atoms with Gasteiger partial charge in [-0.15, -0.1) is 0 Å². The van der Waals surface area contributed by atoms with Gasteiger partial charge in [-0.1, -0.05) is 6.42 Å². The lowest BCUT2D eigenvalue weighted by atomic mass is 9.84. The molecule has 2 fully saturated rings. The fourth-order valence-corrected chi connectivity index (χ4v) is 6.56. The minimum absolute atomic E-state index is 0.0733. The molecule has 1 amide bonds. The number of hydrogen-bond donors (Lipinski definition) is 1. The summed E-state index contributed by atoms with van der Waals surface area (Å²) in [5.74, 6) is 2.52. The normalized spacial score (nSPS) is 27.3. The Kier molecular flexibility index (Phi) is 5.75. The van der Waals surface area contributed by atoms with E-state index in [9.17, 15) is 13.2 Å². The number of hydrogen-bond acceptors (Lipinski definition) is 4. The van der Waals surface area contributed by atoms with Crippen LogP contribution in [0.1, 0.15) is 44.6 Å². The average Bonchev–Trinajstić information content (AvgIpc) is 3.34. The zero-order valence-electron chi connectivity index (χ0n) is 17.7. The number of nitrogens with zero attached hydrogens (tertiary/aromatic N) is 2. The molecule has 1 N–H and O–H groups in total. The fourth-order valence-electron chi connectivity index (χ4n) is 5.61. The number of carbonyl (C=O) groups is 1. The first-order chi connectivity index (χ1) is 13.8. The van der Waals surface area contributed by atoms with Gasteiger partial charge in [-0.2, -0.15) is 0 Å². The molecule has 2 aliphatic carbocycles. The van der Waals surface area contributed by atoms with Crippen LogP contribution < -0.4 is 10.2 Å². The number of amides is 1. The van der Waals surface area contributed by atoms with E-state index in [1.165, 1.54) is 44.1 Å². The summed E-state index contributed by atoms with van der Waals surface area (Å²) in [6.07, 6.45) is 7.08. The van der Waals surface area contributed by atoms with Crippen molar-refractivity contribution in [1.29, 1.82) is 0 Å². The predicted octanol–water partition coefficient (Wildman–Crippen LogP) is 2.63. The third-order valence-corrected chi connectivity index (χ3v) is 9.07. The van der Waals surface area contributed by atoms with Crippen LogP contribution in [0.5, 0.6) is 0 Å². The highest BCUT2D eigenvalue weighted by Gasteiger charge is 2.41. The van der Waals surface area contributed by atoms with Crippen LogP contribution in [0, 0.1) is 17.8 Å². The Morgan fingerprint density at radius 2 is 2.07 bits per heavy atom. The van der Waals surface area contributed by atoms with E-state index in [0.29, 0.717) is 29.9 Å². The van der Waals surface area contributed by atoms with Gasteiger partial charge in [-0.05, 0) is 80.5 Å². The zero-order chi connectivity index (χ0) is 20.8. The summed E-state index contributed by atoms with van der Waals surface area (Å²) >= 11 is 0. The summed E-state index contributed by atoms with van der Waals surface area (Å²) in [7, 11) is -0.395. The topological polar surface area (TPSA) is 69.7 Å². The Labute approximate surface area is 174 Å². The summed E-state index contributed by atoms with van der Waals surface area (Å²) < 4.78 is 26.1. The smallest absolute Gasteiger partial charge is 0.242 e. The molecule has 1 aromatic rings. The standard InChI is InChI=1S/C22H33N3O3S/c1-15(20-12-16-6-7-17(20)11-16)23-14-22(26)25-10-4-5-18-13-19(8-9-21(18)25)29(27,28)24(2)3/h8-9,13,15-17,20,23H,4-7,10-12,14H2,1-3H3/t15-,16-,17-,20-/m0/s1. The predicted molar refractivity (Wildman–Crippen MR) is 114 cm³/mol. The molecule has 0 spiro atoms. The molecule has 1 heterocycles. The van der Waals surface area contributed by atoms with E-state index < -0.39 is 10.0 Å². The first-order valence-electron chi connectivity index (χ1n) is 10.9. The van der Waals surface area contributed by atoms with Crippen molar-refractivity contribution in [2.75, 3.05) is 32.1 Å². The van der Waals surface area contributed by atoms with E-state index in [2.05, 4.69) is 12.2 Å². The quantitative estimate of drug-likeness (QED) is 0.770. The molecule has 2 bridgehead atoms. The van der Waals surface area contributed by atoms with Crippen LogP contribution in [0.15, 0.2) is 23.1 Å². The largest absolute Gasteiger partial charge is 0.311 e. The van der Waals surface area contributed by atoms with Crippen LogP contribution in [0.2, 0.25) is 0 Å². The van der Waals surface area contributed by atoms with Gasteiger partial charge in [0.15, 0.2) is 0 Å². The molecule has 2 saturated carbocycles. The number of fused-ring (bicyclic) bond motifs is 3. The summed E-state index contributed by atoms with van der Waals surface area (Å²) in [5, 5.41) is 3.49. The highest BCUT2D eigenvalue weighted by Crippen LogP contribution is 2.49. The molecule has 160 valence electrons. The van der Waals surface area contributed by atoms with Gasteiger partial charge in [0, 0.05) is 32.4 Å². The van der Waals surface area contributed by atoms with Crippen LogP contribution in [0.25, 0.3) is 0 Å². The first kappa shape index (κ1) is 20.8. The van der Waals surface area contributed by atoms with Gasteiger partial charge in [0.2, 0.25) is 15.9 Å². The molecule has 0 aromatic heterocycles. The Bertz CT molecular complexity index is 883. The van der Waals surface area contributed by atoms with Crippen LogP contribution >= 0.6 is 0 Å². The molecule has 6 nitrogen and oxygen atoms in total. The molecule has 0 saturated heterocycles. The van der Waals surface area contributed by atoms with Gasteiger partial charge in [-0.25, -0.2) is 12.7 Å². The third kappa shape index (κ3) is 3.97. The molecular formula is C22H33N3O3S. The molecule has 1 aromatic carbocycles. The number of carbonyl (C=O) groups excluding carboxylic acids is 1. The van der Waals surface area contributed by atoms with Gasteiger partial charge in [-0.3, -0.25) is 4.79 Å². The number of rotatable bonds is 6. The Morgan fingerprint density at radius 1 is 1.28 bits per heavy atom. The first-order valence-corrected chi connectivity index (χ1v) is 12.3. The average molecular weight is 420 g/mol. The summed E-state index contributed by atoms with van der Waals surface area (Å²) in [5.41, 5.74) is 1.79. The van der Waals surface area contributed by atoms with Crippen LogP contribution in [-0.2, 0) is 21.2 Å². The summed E-state index contributed by atoms with van der Waals surface area (Å²) in [6, 6.07) is 5.51. The molecule has 0 radical (unpaired) electrons. The molecule has 3 aliphatic rings. The molecule has 4 rings (SSSR count). The monoisotopic (exact) mass is 419 g/mol. The second-order valence-electron chi connectivity index (χ2n) is 9.24. The van der Waals surface area contributed by atoms with E-state index in [1.807, 2.05) is 4.90 Å². The Hall–Kier alpha value is -1.44. The number of anilines is 1. The lowest BCUT2D eigenvalue weighted by Crippen LogP contribution is -2.45. The van der Waals surface area contributed by atoms with Crippen molar-refractivity contribution in [2.24, 2.45) is 17.8 Å². The highest BCUT2D eigenvalue weighted by atomic mass is 32.2. The molecule has 29 heavy (non-hydrogen) atoms. The third-order valence-electron chi connectivity index (χ3n) is 7.26. The lowest BCUT2D eigenvalue weighted by molar-refractivity contribution is -0.118. The number of nitrogens with one attached hydrogen (secondary N) is 1. The van der Waals surface area contributed by atoms with Crippen molar-refractivity contribution in [2.45, 2.75) is 56.4 Å². The van der Waals surface area contributed by atoms with E-state index >= 15 is 0 Å². The maximum absolute atomic E-state index is 13.0. The second-order valence-corrected chi connectivity index (χ2v) is 11.4. The van der Waals surface area contributed by atoms with Crippen LogP contribution in [0.4, 0.5) is 5.69 Å². The molecule has 0 unspecified atom stereocenters. The minimum Gasteiger partial charge on any atom is -0.311 e. The van der Waals surface area contributed by atoms with Crippen molar-refractivity contribution in [1.82, 2.24) is 9.62 Å². The molecule has 1 aliphatic heterocycles. The maximum Gasteiger partial charge on any atom is 0.242 e. The van der Waals surface area contributed by atoms with E-state index in [-0.39, 0.29) is 5.91 Å². The van der Waals surface area contributed by atoms with Crippen molar-refractivity contribution in [3.05, 3.63) is 23.8 Å². The SMILES string of the molecule is C[C@H](NCC(=O)N1CCCc2cc(S(=O)(=O)N(C)C)ccc21)[C@@H]1C[C@H]2CC[C@H]1C2. The van der Waals surface area contributed by atoms with Gasteiger partial charge >= 0.3 is 0 Å². The van der Waals surface area contributed by atoms with Gasteiger partial charge in [0.25, 0.3) is 0 Å². The molecule has 4 atom stereocenters. The van der Waals surface area contributed by atoms with Crippen LogP contribution in [-0.4, -0.2) is 51.9 Å². The minimum atomic E-state index is -3.47. The van der Waals surface area contributed by atoms with Crippen molar-refractivity contribution in [3.8, 4) is 0 Å². The zero-order valence-corrected chi connectivity index (χ0v) is 18.5. The Balaban J connectivity index is 1.43. The summed E-state index contributed by atoms with van der Waals surface area (Å²) in [4.78, 5) is 15.1. The number of benzene rings is 1. The summed E-state index contributed by atoms with van der Waals surface area (Å²) in [6.45, 7) is 3.25. The van der Waals surface area contributed by atoms with Crippen molar-refractivity contribution in [3.63, 3.8) is 0 Å². The maximum atomic E-state index is 13.0. The van der Waals surface area contributed by atoms with E-state index in [0.717, 1.165) is 35.9 Å². The lowest BCUT2D eigenvalue weighted by Gasteiger charge is -2.32. The number of sulfonamides is 1. The molecular weight excluding hydrogens is 386 g/mol. The van der Waals surface area contributed by atoms with Crippen LogP contribution in [0.3, 0.4) is 0 Å². The van der Waals surface area contributed by atoms with E-state index in [4.69, 9.17) is 0 Å². The van der Waals surface area contributed by atoms with Gasteiger partial charge in [0.1, 0.15) is 0 Å². The Morgan fingerprint density at radius 3 is 2.72 bits per heavy atom.